The number of ketones is 1. The monoisotopic (exact) mass is 152 g/mol. The van der Waals surface area contributed by atoms with Gasteiger partial charge in [0.25, 0.3) is 0 Å². The van der Waals surface area contributed by atoms with Crippen LogP contribution in [0.5, 0.6) is 0 Å². The van der Waals surface area contributed by atoms with Crippen LogP contribution in [0.1, 0.15) is 19.3 Å². The Morgan fingerprint density at radius 3 is 3.00 bits per heavy atom. The molecular formula is C8H12N2O. The molecule has 0 saturated heterocycles. The largest absolute Gasteiger partial charge is 0.317 e. The number of hydrogen-bond acceptors (Lipinski definition) is 3. The van der Waals surface area contributed by atoms with E-state index in [1.807, 2.05) is 13.1 Å². The summed E-state index contributed by atoms with van der Waals surface area (Å²) in [6, 6.07) is 2.39. The average Bonchev–Trinajstić information content (AvgIpc) is 2.05. The number of Topliss-reactive ketones (excluding diaryl/α,β-unsaturated/α-hetero) is 1. The highest BCUT2D eigenvalue weighted by molar-refractivity contribution is 5.84. The lowest BCUT2D eigenvalue weighted by Crippen LogP contribution is -2.35. The average molecular weight is 152 g/mol. The molecule has 0 aliphatic heterocycles. The van der Waals surface area contributed by atoms with Crippen molar-refractivity contribution in [3.05, 3.63) is 0 Å². The highest BCUT2D eigenvalue weighted by Crippen LogP contribution is 2.19. The maximum Gasteiger partial charge on any atom is 0.150 e. The summed E-state index contributed by atoms with van der Waals surface area (Å²) in [5.74, 6) is -0.250. The number of nitrogens with one attached hydrogen (secondary N) is 1. The number of carbonyl (C=O) groups is 1. The Labute approximate surface area is 66.4 Å². The van der Waals surface area contributed by atoms with Crippen LogP contribution in [0, 0.1) is 17.2 Å². The van der Waals surface area contributed by atoms with Gasteiger partial charge in [-0.05, 0) is 19.9 Å². The molecule has 0 aromatic heterocycles. The second-order valence-electron chi connectivity index (χ2n) is 2.91. The minimum absolute atomic E-state index is 0.110. The number of hydrogen-bond donors (Lipinski definition) is 1. The molecule has 60 valence electrons. The molecule has 2 unspecified atom stereocenters. The maximum atomic E-state index is 11.0. The Morgan fingerprint density at radius 2 is 2.45 bits per heavy atom. The van der Waals surface area contributed by atoms with Crippen LogP contribution in [0.25, 0.3) is 0 Å². The number of carbonyl (C=O) groups excluding carboxylic acids is 1. The first-order valence-electron chi connectivity index (χ1n) is 3.87. The van der Waals surface area contributed by atoms with Gasteiger partial charge in [0.05, 0.1) is 6.07 Å². The van der Waals surface area contributed by atoms with E-state index in [4.69, 9.17) is 5.26 Å². The van der Waals surface area contributed by atoms with Gasteiger partial charge in [-0.15, -0.1) is 0 Å². The van der Waals surface area contributed by atoms with Crippen molar-refractivity contribution >= 4 is 5.78 Å². The molecule has 1 N–H and O–H groups in total. The number of nitriles is 1. The lowest BCUT2D eigenvalue weighted by molar-refractivity contribution is -0.123. The van der Waals surface area contributed by atoms with Gasteiger partial charge in [-0.3, -0.25) is 4.79 Å². The zero-order valence-electron chi connectivity index (χ0n) is 6.63. The third-order valence-corrected chi connectivity index (χ3v) is 2.21. The lowest BCUT2D eigenvalue weighted by Gasteiger charge is -2.23. The molecule has 1 aliphatic rings. The molecule has 1 aliphatic carbocycles. The van der Waals surface area contributed by atoms with Gasteiger partial charge < -0.3 is 5.32 Å². The first-order valence-corrected chi connectivity index (χ1v) is 3.87. The lowest BCUT2D eigenvalue weighted by atomic mass is 9.86. The van der Waals surface area contributed by atoms with Crippen LogP contribution in [-0.4, -0.2) is 18.9 Å². The summed E-state index contributed by atoms with van der Waals surface area (Å²) in [5, 5.41) is 11.7. The summed E-state index contributed by atoms with van der Waals surface area (Å²) in [6.07, 6.45) is 2.13. The molecule has 3 heteroatoms. The van der Waals surface area contributed by atoms with Crippen molar-refractivity contribution in [2.75, 3.05) is 7.05 Å². The molecule has 1 rings (SSSR count). The van der Waals surface area contributed by atoms with E-state index in [0.29, 0.717) is 18.9 Å². The van der Waals surface area contributed by atoms with Crippen LogP contribution >= 0.6 is 0 Å². The van der Waals surface area contributed by atoms with E-state index < -0.39 is 0 Å². The quantitative estimate of drug-likeness (QED) is 0.594. The zero-order chi connectivity index (χ0) is 8.27. The van der Waals surface area contributed by atoms with Crippen molar-refractivity contribution in [1.29, 1.82) is 5.26 Å². The molecule has 0 spiro atoms. The van der Waals surface area contributed by atoms with Crippen LogP contribution in [0.3, 0.4) is 0 Å². The highest BCUT2D eigenvalue weighted by Gasteiger charge is 2.27. The molecule has 0 aromatic carbocycles. The van der Waals surface area contributed by atoms with E-state index in [0.717, 1.165) is 6.42 Å². The van der Waals surface area contributed by atoms with E-state index in [9.17, 15) is 4.79 Å². The Morgan fingerprint density at radius 1 is 1.73 bits per heavy atom. The SMILES string of the molecule is CNC1CCC(=O)C(C#N)C1. The third-order valence-electron chi connectivity index (χ3n) is 2.21. The van der Waals surface area contributed by atoms with Crippen LogP contribution < -0.4 is 5.32 Å². The molecule has 11 heavy (non-hydrogen) atoms. The Hall–Kier alpha value is -0.880. The summed E-state index contributed by atoms with van der Waals surface area (Å²) in [4.78, 5) is 11.0. The third kappa shape index (κ3) is 1.78. The van der Waals surface area contributed by atoms with Gasteiger partial charge in [-0.25, -0.2) is 0 Å². The van der Waals surface area contributed by atoms with Crippen molar-refractivity contribution in [1.82, 2.24) is 5.32 Å². The van der Waals surface area contributed by atoms with Gasteiger partial charge in [-0.2, -0.15) is 5.26 Å². The van der Waals surface area contributed by atoms with Crippen molar-refractivity contribution < 1.29 is 4.79 Å². The van der Waals surface area contributed by atoms with Crippen LogP contribution in [0.15, 0.2) is 0 Å². The molecule has 0 aromatic rings. The summed E-state index contributed by atoms with van der Waals surface area (Å²) in [7, 11) is 1.87. The van der Waals surface area contributed by atoms with E-state index in [1.54, 1.807) is 0 Å². The van der Waals surface area contributed by atoms with Crippen molar-refractivity contribution in [3.63, 3.8) is 0 Å². The standard InChI is InChI=1S/C8H12N2O/c1-10-7-2-3-8(11)6(4-7)5-9/h6-7,10H,2-4H2,1H3. The van der Waals surface area contributed by atoms with Gasteiger partial charge in [-0.1, -0.05) is 0 Å². The van der Waals surface area contributed by atoms with Gasteiger partial charge in [0.2, 0.25) is 0 Å². The second kappa shape index (κ2) is 3.49. The van der Waals surface area contributed by atoms with E-state index in [1.165, 1.54) is 0 Å². The first-order chi connectivity index (χ1) is 5.27. The van der Waals surface area contributed by atoms with Crippen molar-refractivity contribution in [3.8, 4) is 6.07 Å². The van der Waals surface area contributed by atoms with Crippen molar-refractivity contribution in [2.45, 2.75) is 25.3 Å². The molecule has 0 radical (unpaired) electrons. The topological polar surface area (TPSA) is 52.9 Å². The minimum Gasteiger partial charge on any atom is -0.317 e. The fourth-order valence-electron chi connectivity index (χ4n) is 1.41. The first kappa shape index (κ1) is 8.22. The summed E-state index contributed by atoms with van der Waals surface area (Å²) < 4.78 is 0. The summed E-state index contributed by atoms with van der Waals surface area (Å²) in [6.45, 7) is 0. The van der Waals surface area contributed by atoms with Crippen LogP contribution in [0.2, 0.25) is 0 Å². The molecule has 3 nitrogen and oxygen atoms in total. The number of nitrogens with zero attached hydrogens (tertiary/aromatic N) is 1. The maximum absolute atomic E-state index is 11.0. The Kier molecular flexibility index (Phi) is 2.61. The molecule has 0 amide bonds. The van der Waals surface area contributed by atoms with Crippen LogP contribution in [0.4, 0.5) is 0 Å². The molecule has 1 fully saturated rings. The van der Waals surface area contributed by atoms with Gasteiger partial charge in [0.1, 0.15) is 11.7 Å². The molecule has 1 saturated carbocycles. The molecular weight excluding hydrogens is 140 g/mol. The molecule has 2 atom stereocenters. The van der Waals surface area contributed by atoms with Crippen molar-refractivity contribution in [2.24, 2.45) is 5.92 Å². The molecule has 0 heterocycles. The van der Waals surface area contributed by atoms with Crippen LogP contribution in [-0.2, 0) is 4.79 Å². The normalized spacial score (nSPS) is 31.5. The smallest absolute Gasteiger partial charge is 0.150 e. The Bertz CT molecular complexity index is 195. The summed E-state index contributed by atoms with van der Waals surface area (Å²) >= 11 is 0. The minimum atomic E-state index is -0.360. The second-order valence-corrected chi connectivity index (χ2v) is 2.91. The predicted octanol–water partition coefficient (Wildman–Crippen LogP) is 0.467. The fourth-order valence-corrected chi connectivity index (χ4v) is 1.41. The summed E-state index contributed by atoms with van der Waals surface area (Å²) in [5.41, 5.74) is 0. The van der Waals surface area contributed by atoms with Gasteiger partial charge in [0, 0.05) is 12.5 Å². The van der Waals surface area contributed by atoms with Gasteiger partial charge >= 0.3 is 0 Å². The Balaban J connectivity index is 2.52. The zero-order valence-corrected chi connectivity index (χ0v) is 6.63. The van der Waals surface area contributed by atoms with Gasteiger partial charge in [0.15, 0.2) is 0 Å². The van der Waals surface area contributed by atoms with E-state index in [2.05, 4.69) is 5.32 Å². The molecule has 0 bridgehead atoms. The predicted molar refractivity (Wildman–Crippen MR) is 40.8 cm³/mol. The highest BCUT2D eigenvalue weighted by atomic mass is 16.1. The van der Waals surface area contributed by atoms with E-state index in [-0.39, 0.29) is 11.7 Å². The fraction of sp³-hybridized carbons (Fsp3) is 0.750. The number of rotatable bonds is 1. The van der Waals surface area contributed by atoms with E-state index >= 15 is 0 Å².